The third kappa shape index (κ3) is 4.88. The number of nitrogens with one attached hydrogen (secondary N) is 1. The molecule has 0 spiro atoms. The second-order valence-corrected chi connectivity index (χ2v) is 7.81. The van der Waals surface area contributed by atoms with Gasteiger partial charge in [0.25, 0.3) is 0 Å². The molecule has 0 aliphatic carbocycles. The molecule has 1 N–H and O–H groups in total. The number of rotatable bonds is 5. The summed E-state index contributed by atoms with van der Waals surface area (Å²) in [5, 5.41) is 3.15. The Bertz CT molecular complexity index is 848. The molecule has 0 radical (unpaired) electrons. The van der Waals surface area contributed by atoms with Crippen LogP contribution in [0.4, 0.5) is 4.39 Å². The molecular formula is C23H27FN2O3. The number of piperidine rings is 1. The summed E-state index contributed by atoms with van der Waals surface area (Å²) in [6, 6.07) is 12.4. The second kappa shape index (κ2) is 8.82. The lowest BCUT2D eigenvalue weighted by molar-refractivity contribution is -0.127. The minimum Gasteiger partial charge on any atom is -0.486 e. The molecule has 0 saturated carbocycles. The van der Waals surface area contributed by atoms with Crippen LogP contribution in [0, 0.1) is 11.7 Å². The Morgan fingerprint density at radius 2 is 1.79 bits per heavy atom. The van der Waals surface area contributed by atoms with Crippen molar-refractivity contribution < 1.29 is 18.7 Å². The van der Waals surface area contributed by atoms with Gasteiger partial charge in [-0.15, -0.1) is 0 Å². The summed E-state index contributed by atoms with van der Waals surface area (Å²) in [5.41, 5.74) is 2.11. The van der Waals surface area contributed by atoms with Crippen LogP contribution in [-0.4, -0.2) is 37.1 Å². The van der Waals surface area contributed by atoms with Gasteiger partial charge in [-0.3, -0.25) is 9.69 Å². The largest absolute Gasteiger partial charge is 0.486 e. The maximum atomic E-state index is 13.0. The first-order chi connectivity index (χ1) is 14.1. The van der Waals surface area contributed by atoms with E-state index in [9.17, 15) is 9.18 Å². The Morgan fingerprint density at radius 1 is 1.10 bits per heavy atom. The number of fused-ring (bicyclic) bond motifs is 1. The van der Waals surface area contributed by atoms with E-state index in [1.165, 1.54) is 12.1 Å². The average molecular weight is 398 g/mol. The third-order valence-electron chi connectivity index (χ3n) is 5.70. The number of nitrogens with zero attached hydrogens (tertiary/aromatic N) is 1. The number of hydrogen-bond donors (Lipinski definition) is 1. The van der Waals surface area contributed by atoms with Gasteiger partial charge >= 0.3 is 0 Å². The van der Waals surface area contributed by atoms with Gasteiger partial charge in [0.2, 0.25) is 5.91 Å². The number of amides is 1. The van der Waals surface area contributed by atoms with Crippen LogP contribution >= 0.6 is 0 Å². The lowest BCUT2D eigenvalue weighted by atomic mass is 9.94. The number of ether oxygens (including phenoxy) is 2. The highest BCUT2D eigenvalue weighted by Gasteiger charge is 2.26. The van der Waals surface area contributed by atoms with Gasteiger partial charge in [0.05, 0.1) is 6.04 Å². The van der Waals surface area contributed by atoms with Crippen molar-refractivity contribution in [2.75, 3.05) is 26.3 Å². The van der Waals surface area contributed by atoms with Gasteiger partial charge in [0, 0.05) is 12.5 Å². The minimum absolute atomic E-state index is 0.0270. The maximum absolute atomic E-state index is 13.0. The van der Waals surface area contributed by atoms with Gasteiger partial charge in [-0.05, 0) is 68.2 Å². The minimum atomic E-state index is -0.212. The van der Waals surface area contributed by atoms with Crippen LogP contribution in [0.5, 0.6) is 11.5 Å². The van der Waals surface area contributed by atoms with Gasteiger partial charge in [-0.25, -0.2) is 4.39 Å². The zero-order valence-electron chi connectivity index (χ0n) is 16.7. The van der Waals surface area contributed by atoms with Crippen LogP contribution < -0.4 is 14.8 Å². The highest BCUT2D eigenvalue weighted by atomic mass is 19.1. The smallest absolute Gasteiger partial charge is 0.223 e. The molecule has 0 aromatic heterocycles. The van der Waals surface area contributed by atoms with E-state index in [0.29, 0.717) is 13.2 Å². The van der Waals surface area contributed by atoms with E-state index >= 15 is 0 Å². The first-order valence-corrected chi connectivity index (χ1v) is 10.3. The van der Waals surface area contributed by atoms with Gasteiger partial charge in [-0.1, -0.05) is 18.2 Å². The van der Waals surface area contributed by atoms with Crippen LogP contribution in [0.2, 0.25) is 0 Å². The van der Waals surface area contributed by atoms with E-state index in [2.05, 4.69) is 10.2 Å². The van der Waals surface area contributed by atoms with Crippen molar-refractivity contribution in [1.29, 1.82) is 0 Å². The maximum Gasteiger partial charge on any atom is 0.223 e. The predicted octanol–water partition coefficient (Wildman–Crippen LogP) is 3.69. The standard InChI is InChI=1S/C23H27FN2O3/c1-16(19-4-7-21-22(14-19)29-13-12-28-21)25-23(27)18-8-10-26(11-9-18)15-17-2-5-20(24)6-3-17/h2-7,14,16,18H,8-13,15H2,1H3,(H,25,27)/t16-/m0/s1. The Kier molecular flexibility index (Phi) is 6.00. The van der Waals surface area contributed by atoms with Gasteiger partial charge < -0.3 is 14.8 Å². The van der Waals surface area contributed by atoms with E-state index in [1.807, 2.05) is 37.3 Å². The average Bonchev–Trinajstić information content (AvgIpc) is 2.75. The van der Waals surface area contributed by atoms with E-state index in [0.717, 1.165) is 55.1 Å². The van der Waals surface area contributed by atoms with Crippen LogP contribution in [0.1, 0.15) is 36.9 Å². The summed E-state index contributed by atoms with van der Waals surface area (Å²) in [7, 11) is 0. The van der Waals surface area contributed by atoms with Crippen LogP contribution in [0.3, 0.4) is 0 Å². The summed E-state index contributed by atoms with van der Waals surface area (Å²) in [6.07, 6.45) is 1.67. The summed E-state index contributed by atoms with van der Waals surface area (Å²) < 4.78 is 24.2. The Labute approximate surface area is 170 Å². The normalized spacial score (nSPS) is 18.3. The third-order valence-corrected chi connectivity index (χ3v) is 5.70. The Morgan fingerprint density at radius 3 is 2.52 bits per heavy atom. The van der Waals surface area contributed by atoms with Crippen molar-refractivity contribution in [3.05, 3.63) is 59.4 Å². The molecule has 5 nitrogen and oxygen atoms in total. The molecule has 4 rings (SSSR count). The topological polar surface area (TPSA) is 50.8 Å². The molecule has 2 aliphatic heterocycles. The molecule has 2 aromatic carbocycles. The number of hydrogen-bond acceptors (Lipinski definition) is 4. The highest BCUT2D eigenvalue weighted by Crippen LogP contribution is 2.32. The summed E-state index contributed by atoms with van der Waals surface area (Å²) in [5.74, 6) is 1.42. The molecule has 1 atom stereocenters. The van der Waals surface area contributed by atoms with E-state index in [1.54, 1.807) is 0 Å². The van der Waals surface area contributed by atoms with Crippen LogP contribution in [0.15, 0.2) is 42.5 Å². The first kappa shape index (κ1) is 19.7. The summed E-state index contributed by atoms with van der Waals surface area (Å²) in [6.45, 7) is 5.64. The molecule has 29 heavy (non-hydrogen) atoms. The van der Waals surface area contributed by atoms with Gasteiger partial charge in [-0.2, -0.15) is 0 Å². The molecule has 2 aromatic rings. The van der Waals surface area contributed by atoms with Gasteiger partial charge in [0.1, 0.15) is 19.0 Å². The number of halogens is 1. The van der Waals surface area contributed by atoms with Gasteiger partial charge in [0.15, 0.2) is 11.5 Å². The van der Waals surface area contributed by atoms with E-state index in [4.69, 9.17) is 9.47 Å². The predicted molar refractivity (Wildman–Crippen MR) is 108 cm³/mol. The van der Waals surface area contributed by atoms with Crippen molar-refractivity contribution in [3.63, 3.8) is 0 Å². The van der Waals surface area contributed by atoms with E-state index < -0.39 is 0 Å². The highest BCUT2D eigenvalue weighted by molar-refractivity contribution is 5.79. The molecule has 1 saturated heterocycles. The number of carbonyl (C=O) groups excluding carboxylic acids is 1. The lowest BCUT2D eigenvalue weighted by Gasteiger charge is -2.32. The molecule has 1 fully saturated rings. The SMILES string of the molecule is C[C@H](NC(=O)C1CCN(Cc2ccc(F)cc2)CC1)c1ccc2c(c1)OCCO2. The van der Waals surface area contributed by atoms with E-state index in [-0.39, 0.29) is 23.7 Å². The zero-order chi connectivity index (χ0) is 20.2. The fraction of sp³-hybridized carbons (Fsp3) is 0.435. The Hall–Kier alpha value is -2.60. The fourth-order valence-corrected chi connectivity index (χ4v) is 3.95. The van der Waals surface area contributed by atoms with Crippen molar-refractivity contribution in [2.45, 2.75) is 32.4 Å². The summed E-state index contributed by atoms with van der Waals surface area (Å²) in [4.78, 5) is 15.1. The molecule has 154 valence electrons. The van der Waals surface area contributed by atoms with Crippen molar-refractivity contribution >= 4 is 5.91 Å². The fourth-order valence-electron chi connectivity index (χ4n) is 3.95. The molecule has 0 bridgehead atoms. The number of carbonyl (C=O) groups is 1. The molecule has 0 unspecified atom stereocenters. The molecule has 2 heterocycles. The second-order valence-electron chi connectivity index (χ2n) is 7.81. The zero-order valence-corrected chi connectivity index (χ0v) is 16.7. The Balaban J connectivity index is 1.27. The van der Waals surface area contributed by atoms with Crippen molar-refractivity contribution in [3.8, 4) is 11.5 Å². The van der Waals surface area contributed by atoms with Crippen LogP contribution in [0.25, 0.3) is 0 Å². The number of likely N-dealkylation sites (tertiary alicyclic amines) is 1. The summed E-state index contributed by atoms with van der Waals surface area (Å²) >= 11 is 0. The molecular weight excluding hydrogens is 371 g/mol. The first-order valence-electron chi connectivity index (χ1n) is 10.3. The molecule has 1 amide bonds. The van der Waals surface area contributed by atoms with Crippen molar-refractivity contribution in [2.24, 2.45) is 5.92 Å². The lowest BCUT2D eigenvalue weighted by Crippen LogP contribution is -2.40. The molecule has 2 aliphatic rings. The quantitative estimate of drug-likeness (QED) is 0.835. The monoisotopic (exact) mass is 398 g/mol. The van der Waals surface area contributed by atoms with Crippen molar-refractivity contribution in [1.82, 2.24) is 10.2 Å². The van der Waals surface area contributed by atoms with Crippen LogP contribution in [-0.2, 0) is 11.3 Å². The number of benzene rings is 2. The molecule has 6 heteroatoms.